The van der Waals surface area contributed by atoms with Gasteiger partial charge in [-0.25, -0.2) is 4.79 Å². The Hall–Kier alpha value is -1.71. The first-order valence-corrected chi connectivity index (χ1v) is 10.8. The van der Waals surface area contributed by atoms with Crippen molar-refractivity contribution in [3.8, 4) is 0 Å². The largest absolute Gasteiger partial charge is 0.465 e. The van der Waals surface area contributed by atoms with Crippen LogP contribution in [0.1, 0.15) is 59.2 Å². The van der Waals surface area contributed by atoms with Crippen LogP contribution >= 0.6 is 23.6 Å². The van der Waals surface area contributed by atoms with Gasteiger partial charge in [-0.2, -0.15) is 0 Å². The first-order valence-electron chi connectivity index (χ1n) is 9.54. The minimum absolute atomic E-state index is 0.0434. The molecule has 2 atom stereocenters. The normalized spacial score (nSPS) is 17.1. The van der Waals surface area contributed by atoms with E-state index in [2.05, 4.69) is 10.6 Å². The number of thiophene rings is 1. The fourth-order valence-corrected chi connectivity index (χ4v) is 4.76. The van der Waals surface area contributed by atoms with Gasteiger partial charge in [0.1, 0.15) is 5.00 Å². The lowest BCUT2D eigenvalue weighted by atomic mass is 10.1. The molecule has 1 aromatic heterocycles. The summed E-state index contributed by atoms with van der Waals surface area (Å²) in [6, 6.07) is 0.0434. The van der Waals surface area contributed by atoms with E-state index in [4.69, 9.17) is 21.7 Å². The lowest BCUT2D eigenvalue weighted by Gasteiger charge is -2.21. The van der Waals surface area contributed by atoms with Crippen LogP contribution < -0.4 is 10.6 Å². The molecular formula is C19H29N3O4S2. The summed E-state index contributed by atoms with van der Waals surface area (Å²) in [6.45, 7) is 9.59. The third-order valence-corrected chi connectivity index (χ3v) is 6.30. The number of amides is 1. The second-order valence-electron chi connectivity index (χ2n) is 6.67. The number of nitrogens with one attached hydrogen (secondary N) is 2. The lowest BCUT2D eigenvalue weighted by Crippen LogP contribution is -2.42. The molecule has 0 aromatic carbocycles. The average Bonchev–Trinajstić information content (AvgIpc) is 3.30. The second-order valence-corrected chi connectivity index (χ2v) is 8.10. The van der Waals surface area contributed by atoms with E-state index in [1.807, 2.05) is 20.8 Å². The number of carbonyl (C=O) groups is 2. The molecule has 0 radical (unpaired) electrons. The maximum Gasteiger partial charge on any atom is 0.341 e. The topological polar surface area (TPSA) is 79.9 Å². The number of anilines is 1. The SMILES string of the molecule is CCN(CC)C(=O)c1sc(NC(=S)N[C@@H](C)[C@@H]2CCCO2)c(C(=O)OC)c1C. The molecule has 1 fully saturated rings. The molecule has 0 unspecified atom stereocenters. The van der Waals surface area contributed by atoms with Crippen molar-refractivity contribution in [2.75, 3.05) is 32.1 Å². The molecule has 0 spiro atoms. The Balaban J connectivity index is 2.24. The first-order chi connectivity index (χ1) is 13.3. The summed E-state index contributed by atoms with van der Waals surface area (Å²) in [5, 5.41) is 7.19. The minimum Gasteiger partial charge on any atom is -0.465 e. The summed E-state index contributed by atoms with van der Waals surface area (Å²) >= 11 is 6.65. The number of esters is 1. The van der Waals surface area contributed by atoms with Crippen molar-refractivity contribution < 1.29 is 19.1 Å². The van der Waals surface area contributed by atoms with Crippen molar-refractivity contribution in [2.45, 2.75) is 52.7 Å². The number of hydrogen-bond donors (Lipinski definition) is 2. The highest BCUT2D eigenvalue weighted by Crippen LogP contribution is 2.34. The van der Waals surface area contributed by atoms with Gasteiger partial charge in [0.2, 0.25) is 0 Å². The smallest absolute Gasteiger partial charge is 0.341 e. The highest BCUT2D eigenvalue weighted by Gasteiger charge is 2.28. The fourth-order valence-electron chi connectivity index (χ4n) is 3.24. The molecule has 1 saturated heterocycles. The number of methoxy groups -OCH3 is 1. The van der Waals surface area contributed by atoms with Crippen molar-refractivity contribution in [2.24, 2.45) is 0 Å². The molecule has 2 heterocycles. The molecule has 1 aromatic rings. The summed E-state index contributed by atoms with van der Waals surface area (Å²) in [5.74, 6) is -0.595. The van der Waals surface area contributed by atoms with Crippen LogP contribution in [0.2, 0.25) is 0 Å². The Morgan fingerprint density at radius 3 is 2.61 bits per heavy atom. The molecule has 0 saturated carbocycles. The van der Waals surface area contributed by atoms with Crippen LogP contribution in [0.3, 0.4) is 0 Å². The Morgan fingerprint density at radius 2 is 2.07 bits per heavy atom. The Morgan fingerprint density at radius 1 is 1.39 bits per heavy atom. The quantitative estimate of drug-likeness (QED) is 0.511. The number of hydrogen-bond acceptors (Lipinski definition) is 6. The van der Waals surface area contributed by atoms with E-state index >= 15 is 0 Å². The van der Waals surface area contributed by atoms with Crippen LogP contribution in [0.5, 0.6) is 0 Å². The van der Waals surface area contributed by atoms with Crippen LogP contribution in [0.15, 0.2) is 0 Å². The predicted octanol–water partition coefficient (Wildman–Crippen LogP) is 3.18. The van der Waals surface area contributed by atoms with E-state index in [0.29, 0.717) is 39.2 Å². The van der Waals surface area contributed by atoms with Gasteiger partial charge in [0.15, 0.2) is 5.11 Å². The maximum atomic E-state index is 12.8. The number of thiocarbonyl (C=S) groups is 1. The summed E-state index contributed by atoms with van der Waals surface area (Å²) in [4.78, 5) is 27.4. The van der Waals surface area contributed by atoms with Gasteiger partial charge in [0.05, 0.1) is 29.7 Å². The van der Waals surface area contributed by atoms with E-state index in [1.165, 1.54) is 18.4 Å². The zero-order valence-electron chi connectivity index (χ0n) is 17.1. The average molecular weight is 428 g/mol. The first kappa shape index (κ1) is 22.6. The maximum absolute atomic E-state index is 12.8. The van der Waals surface area contributed by atoms with Crippen LogP contribution in [-0.2, 0) is 9.47 Å². The van der Waals surface area contributed by atoms with Crippen molar-refractivity contribution in [1.82, 2.24) is 10.2 Å². The van der Waals surface area contributed by atoms with Crippen LogP contribution in [0.4, 0.5) is 5.00 Å². The van der Waals surface area contributed by atoms with E-state index in [0.717, 1.165) is 19.4 Å². The van der Waals surface area contributed by atoms with Gasteiger partial charge in [-0.05, 0) is 58.3 Å². The molecule has 2 rings (SSSR count). The van der Waals surface area contributed by atoms with Crippen LogP contribution in [0, 0.1) is 6.92 Å². The van der Waals surface area contributed by atoms with E-state index in [1.54, 1.807) is 11.8 Å². The summed E-state index contributed by atoms with van der Waals surface area (Å²) in [5.41, 5.74) is 0.947. The van der Waals surface area contributed by atoms with Gasteiger partial charge in [-0.15, -0.1) is 11.3 Å². The molecule has 9 heteroatoms. The van der Waals surface area contributed by atoms with Crippen LogP contribution in [0.25, 0.3) is 0 Å². The van der Waals surface area contributed by atoms with Gasteiger partial charge in [-0.1, -0.05) is 0 Å². The highest BCUT2D eigenvalue weighted by atomic mass is 32.1. The van der Waals surface area contributed by atoms with Gasteiger partial charge in [0, 0.05) is 19.7 Å². The van der Waals surface area contributed by atoms with Gasteiger partial charge in [-0.3, -0.25) is 4.79 Å². The Labute approximate surface area is 175 Å². The Kier molecular flexibility index (Phi) is 8.21. The fraction of sp³-hybridized carbons (Fsp3) is 0.632. The molecule has 7 nitrogen and oxygen atoms in total. The van der Waals surface area contributed by atoms with Gasteiger partial charge in [0.25, 0.3) is 5.91 Å². The van der Waals surface area contributed by atoms with Crippen molar-refractivity contribution in [1.29, 1.82) is 0 Å². The summed E-state index contributed by atoms with van der Waals surface area (Å²) in [7, 11) is 1.32. The minimum atomic E-state index is -0.496. The molecule has 0 bridgehead atoms. The summed E-state index contributed by atoms with van der Waals surface area (Å²) in [6.07, 6.45) is 2.15. The molecule has 156 valence electrons. The van der Waals surface area contributed by atoms with Crippen LogP contribution in [-0.4, -0.2) is 60.8 Å². The number of carbonyl (C=O) groups excluding carboxylic acids is 2. The Bertz CT molecular complexity index is 725. The number of rotatable bonds is 7. The van der Waals surface area contributed by atoms with Crippen molar-refractivity contribution >= 4 is 45.5 Å². The van der Waals surface area contributed by atoms with Gasteiger partial charge < -0.3 is 25.0 Å². The second kappa shape index (κ2) is 10.2. The molecule has 2 N–H and O–H groups in total. The molecule has 1 aliphatic rings. The molecule has 1 amide bonds. The van der Waals surface area contributed by atoms with E-state index < -0.39 is 5.97 Å². The molecular weight excluding hydrogens is 398 g/mol. The standard InChI is InChI=1S/C19H29N3O4S2/c1-6-22(7-2)17(23)15-11(3)14(18(24)25-5)16(28-15)21-19(27)20-12(4)13-9-8-10-26-13/h12-13H,6-10H2,1-5H3,(H2,20,21,27)/t12-,13-/m0/s1. The van der Waals surface area contributed by atoms with Crippen molar-refractivity contribution in [3.63, 3.8) is 0 Å². The van der Waals surface area contributed by atoms with E-state index in [-0.39, 0.29) is 18.1 Å². The lowest BCUT2D eigenvalue weighted by molar-refractivity contribution is 0.0601. The number of nitrogens with zero attached hydrogens (tertiary/aromatic N) is 1. The molecule has 1 aliphatic heterocycles. The van der Waals surface area contributed by atoms with E-state index in [9.17, 15) is 9.59 Å². The highest BCUT2D eigenvalue weighted by molar-refractivity contribution is 7.80. The molecule has 28 heavy (non-hydrogen) atoms. The van der Waals surface area contributed by atoms with Gasteiger partial charge >= 0.3 is 5.97 Å². The van der Waals surface area contributed by atoms with Crippen molar-refractivity contribution in [3.05, 3.63) is 16.0 Å². The predicted molar refractivity (Wildman–Crippen MR) is 115 cm³/mol. The molecule has 0 aliphatic carbocycles. The summed E-state index contributed by atoms with van der Waals surface area (Å²) < 4.78 is 10.6. The number of ether oxygens (including phenoxy) is 2. The monoisotopic (exact) mass is 427 g/mol. The third kappa shape index (κ3) is 5.01. The third-order valence-electron chi connectivity index (χ3n) is 4.89. The zero-order chi connectivity index (χ0) is 20.8. The zero-order valence-corrected chi connectivity index (χ0v) is 18.7.